The van der Waals surface area contributed by atoms with E-state index in [2.05, 4.69) is 43.1 Å². The average Bonchev–Trinajstić information content (AvgIpc) is 2.73. The Morgan fingerprint density at radius 1 is 0.931 bits per heavy atom. The van der Waals surface area contributed by atoms with Crippen molar-refractivity contribution in [2.45, 2.75) is 27.2 Å². The van der Waals surface area contributed by atoms with Gasteiger partial charge in [0.2, 0.25) is 0 Å². The van der Waals surface area contributed by atoms with Gasteiger partial charge in [0, 0.05) is 10.8 Å². The molecule has 0 unspecified atom stereocenters. The lowest BCUT2D eigenvalue weighted by molar-refractivity contribution is -0.139. The van der Waals surface area contributed by atoms with Gasteiger partial charge in [0.05, 0.1) is 19.0 Å². The smallest absolute Gasteiger partial charge is 0.310 e. The van der Waals surface area contributed by atoms with Crippen LogP contribution in [-0.2, 0) is 16.0 Å². The summed E-state index contributed by atoms with van der Waals surface area (Å²) < 4.78 is 4.95. The molecule has 1 N–H and O–H groups in total. The van der Waals surface area contributed by atoms with Crippen LogP contribution in [0.25, 0.3) is 32.8 Å². The maximum absolute atomic E-state index is 12.7. The maximum atomic E-state index is 12.7. The van der Waals surface area contributed by atoms with Crippen LogP contribution in [0.5, 0.6) is 0 Å². The van der Waals surface area contributed by atoms with Crippen molar-refractivity contribution in [3.63, 3.8) is 0 Å². The number of aromatic nitrogens is 1. The quantitative estimate of drug-likeness (QED) is 0.399. The van der Waals surface area contributed by atoms with Crippen molar-refractivity contribution in [1.82, 2.24) is 4.98 Å². The molecule has 0 aliphatic rings. The molecule has 4 nitrogen and oxygen atoms in total. The molecule has 146 valence electrons. The predicted octanol–water partition coefficient (Wildman–Crippen LogP) is 4.99. The van der Waals surface area contributed by atoms with E-state index < -0.39 is 0 Å². The van der Waals surface area contributed by atoms with Crippen LogP contribution in [0, 0.1) is 20.8 Å². The number of fused-ring (bicyclic) bond motifs is 3. The lowest BCUT2D eigenvalue weighted by atomic mass is 9.85. The standard InChI is InChI=1S/C25H23NO3/c1-14-9-11-17(12-10-14)22-16(3)23-18-7-5-6-8-19(18)25(28)26-24(23)15(2)20(22)13-21(27)29-4/h5-12H,13H2,1-4H3,(H,26,28). The molecule has 1 heterocycles. The zero-order valence-corrected chi connectivity index (χ0v) is 17.1. The van der Waals surface area contributed by atoms with Gasteiger partial charge in [0.15, 0.2) is 0 Å². The molecule has 0 spiro atoms. The van der Waals surface area contributed by atoms with Gasteiger partial charge in [-0.25, -0.2) is 0 Å². The summed E-state index contributed by atoms with van der Waals surface area (Å²) in [6.45, 7) is 6.07. The van der Waals surface area contributed by atoms with Crippen LogP contribution >= 0.6 is 0 Å². The van der Waals surface area contributed by atoms with Gasteiger partial charge in [-0.15, -0.1) is 0 Å². The minimum Gasteiger partial charge on any atom is -0.469 e. The molecule has 0 bridgehead atoms. The van der Waals surface area contributed by atoms with Crippen molar-refractivity contribution in [3.05, 3.63) is 81.1 Å². The SMILES string of the molecule is COC(=O)Cc1c(-c2ccc(C)cc2)c(C)c2c([nH]c(=O)c3ccccc32)c1C. The third-order valence-corrected chi connectivity index (χ3v) is 5.70. The van der Waals surface area contributed by atoms with Gasteiger partial charge >= 0.3 is 5.97 Å². The van der Waals surface area contributed by atoms with E-state index in [1.807, 2.05) is 31.2 Å². The van der Waals surface area contributed by atoms with Gasteiger partial charge in [0.1, 0.15) is 0 Å². The average molecular weight is 385 g/mol. The first-order valence-electron chi connectivity index (χ1n) is 9.63. The zero-order valence-electron chi connectivity index (χ0n) is 17.1. The number of aryl methyl sites for hydroxylation is 3. The van der Waals surface area contributed by atoms with Crippen molar-refractivity contribution in [2.24, 2.45) is 0 Å². The van der Waals surface area contributed by atoms with Crippen LogP contribution in [0.4, 0.5) is 0 Å². The van der Waals surface area contributed by atoms with Gasteiger partial charge in [-0.05, 0) is 60.0 Å². The first kappa shape index (κ1) is 18.9. The van der Waals surface area contributed by atoms with E-state index in [1.54, 1.807) is 0 Å². The first-order valence-corrected chi connectivity index (χ1v) is 9.63. The van der Waals surface area contributed by atoms with E-state index >= 15 is 0 Å². The number of nitrogens with one attached hydrogen (secondary N) is 1. The van der Waals surface area contributed by atoms with E-state index in [0.29, 0.717) is 5.39 Å². The van der Waals surface area contributed by atoms with E-state index in [0.717, 1.165) is 44.1 Å². The summed E-state index contributed by atoms with van der Waals surface area (Å²) >= 11 is 0. The topological polar surface area (TPSA) is 59.2 Å². The van der Waals surface area contributed by atoms with E-state index in [9.17, 15) is 9.59 Å². The fourth-order valence-electron chi connectivity index (χ4n) is 4.19. The maximum Gasteiger partial charge on any atom is 0.310 e. The second-order valence-electron chi connectivity index (χ2n) is 7.47. The number of benzene rings is 3. The number of carbonyl (C=O) groups is 1. The van der Waals surface area contributed by atoms with E-state index in [-0.39, 0.29) is 17.9 Å². The number of carbonyl (C=O) groups excluding carboxylic acids is 1. The number of esters is 1. The Bertz CT molecular complexity index is 1310. The number of pyridine rings is 1. The molecule has 4 aromatic rings. The number of hydrogen-bond acceptors (Lipinski definition) is 3. The van der Waals surface area contributed by atoms with Gasteiger partial charge in [-0.3, -0.25) is 9.59 Å². The number of ether oxygens (including phenoxy) is 1. The van der Waals surface area contributed by atoms with Gasteiger partial charge in [-0.2, -0.15) is 0 Å². The monoisotopic (exact) mass is 385 g/mol. The molecule has 3 aromatic carbocycles. The molecule has 4 heteroatoms. The van der Waals surface area contributed by atoms with Crippen molar-refractivity contribution in [2.75, 3.05) is 7.11 Å². The van der Waals surface area contributed by atoms with Crippen LogP contribution in [0.2, 0.25) is 0 Å². The van der Waals surface area contributed by atoms with Crippen LogP contribution in [0.1, 0.15) is 22.3 Å². The molecule has 0 aliphatic carbocycles. The highest BCUT2D eigenvalue weighted by atomic mass is 16.5. The summed E-state index contributed by atoms with van der Waals surface area (Å²) in [6, 6.07) is 16.0. The molecule has 1 aromatic heterocycles. The van der Waals surface area contributed by atoms with Crippen LogP contribution in [0.3, 0.4) is 0 Å². The molecule has 0 radical (unpaired) electrons. The van der Waals surface area contributed by atoms with E-state index in [4.69, 9.17) is 4.74 Å². The summed E-state index contributed by atoms with van der Waals surface area (Å²) in [5, 5.41) is 2.60. The molecule has 0 aliphatic heterocycles. The highest BCUT2D eigenvalue weighted by Crippen LogP contribution is 2.38. The Balaban J connectivity index is 2.19. The Morgan fingerprint density at radius 3 is 2.24 bits per heavy atom. The highest BCUT2D eigenvalue weighted by Gasteiger charge is 2.21. The number of rotatable bonds is 3. The second-order valence-corrected chi connectivity index (χ2v) is 7.47. The molecule has 0 saturated carbocycles. The second kappa shape index (κ2) is 7.21. The first-order chi connectivity index (χ1) is 13.9. The normalized spacial score (nSPS) is 11.2. The van der Waals surface area contributed by atoms with Gasteiger partial charge in [0.25, 0.3) is 5.56 Å². The van der Waals surface area contributed by atoms with Crippen molar-refractivity contribution in [1.29, 1.82) is 0 Å². The number of methoxy groups -OCH3 is 1. The lowest BCUT2D eigenvalue weighted by Gasteiger charge is -2.20. The van der Waals surface area contributed by atoms with Gasteiger partial charge in [-0.1, -0.05) is 48.0 Å². The molecule has 0 saturated heterocycles. The number of H-pyrrole nitrogens is 1. The predicted molar refractivity (Wildman–Crippen MR) is 117 cm³/mol. The molecular weight excluding hydrogens is 362 g/mol. The third-order valence-electron chi connectivity index (χ3n) is 5.70. The summed E-state index contributed by atoms with van der Waals surface area (Å²) in [5.74, 6) is -0.302. The summed E-state index contributed by atoms with van der Waals surface area (Å²) in [5.41, 5.74) is 6.73. The minimum atomic E-state index is -0.302. The molecular formula is C25H23NO3. The van der Waals surface area contributed by atoms with Crippen molar-refractivity contribution < 1.29 is 9.53 Å². The Labute approximate surface area is 169 Å². The number of aromatic amines is 1. The number of hydrogen-bond donors (Lipinski definition) is 1. The fraction of sp³-hybridized carbons (Fsp3) is 0.200. The zero-order chi connectivity index (χ0) is 20.7. The van der Waals surface area contributed by atoms with E-state index in [1.165, 1.54) is 12.7 Å². The van der Waals surface area contributed by atoms with Crippen molar-refractivity contribution in [3.8, 4) is 11.1 Å². The molecule has 0 fully saturated rings. The summed E-state index contributed by atoms with van der Waals surface area (Å²) in [7, 11) is 1.40. The Morgan fingerprint density at radius 2 is 1.59 bits per heavy atom. The van der Waals surface area contributed by atoms with Crippen molar-refractivity contribution >= 4 is 27.6 Å². The molecule has 0 amide bonds. The summed E-state index contributed by atoms with van der Waals surface area (Å²) in [6.07, 6.45) is 0.150. The fourth-order valence-corrected chi connectivity index (χ4v) is 4.19. The Hall–Kier alpha value is -3.40. The van der Waals surface area contributed by atoms with Crippen LogP contribution < -0.4 is 5.56 Å². The summed E-state index contributed by atoms with van der Waals surface area (Å²) in [4.78, 5) is 27.9. The minimum absolute atomic E-state index is 0.122. The largest absolute Gasteiger partial charge is 0.469 e. The highest BCUT2D eigenvalue weighted by molar-refractivity contribution is 6.10. The lowest BCUT2D eigenvalue weighted by Crippen LogP contribution is -2.12. The third kappa shape index (κ3) is 3.11. The molecule has 4 rings (SSSR count). The van der Waals surface area contributed by atoms with Gasteiger partial charge < -0.3 is 9.72 Å². The van der Waals surface area contributed by atoms with Crippen LogP contribution in [-0.4, -0.2) is 18.1 Å². The Kier molecular flexibility index (Phi) is 4.71. The molecule has 0 atom stereocenters. The molecule has 29 heavy (non-hydrogen) atoms. The van der Waals surface area contributed by atoms with Crippen LogP contribution in [0.15, 0.2) is 53.3 Å².